The van der Waals surface area contributed by atoms with Gasteiger partial charge in [0.05, 0.1) is 4.92 Å². The van der Waals surface area contributed by atoms with Gasteiger partial charge in [-0.2, -0.15) is 5.10 Å². The summed E-state index contributed by atoms with van der Waals surface area (Å²) < 4.78 is 1.49. The summed E-state index contributed by atoms with van der Waals surface area (Å²) in [6.07, 6.45) is 2.85. The van der Waals surface area contributed by atoms with Crippen molar-refractivity contribution in [3.05, 3.63) is 45.4 Å². The summed E-state index contributed by atoms with van der Waals surface area (Å²) >= 11 is 5.62. The van der Waals surface area contributed by atoms with Crippen molar-refractivity contribution in [2.75, 3.05) is 5.32 Å². The third kappa shape index (κ3) is 2.68. The van der Waals surface area contributed by atoms with Crippen molar-refractivity contribution in [1.82, 2.24) is 14.8 Å². The van der Waals surface area contributed by atoms with Gasteiger partial charge in [0.15, 0.2) is 5.82 Å². The maximum Gasteiger partial charge on any atom is 0.319 e. The Morgan fingerprint density at radius 1 is 1.53 bits per heavy atom. The second kappa shape index (κ2) is 5.02. The quantitative estimate of drug-likeness (QED) is 0.523. The van der Waals surface area contributed by atoms with Gasteiger partial charge in [0.2, 0.25) is 5.15 Å². The molecule has 1 amide bonds. The predicted molar refractivity (Wildman–Crippen MR) is 67.1 cm³/mol. The molecule has 2 aromatic rings. The Morgan fingerprint density at radius 2 is 2.26 bits per heavy atom. The minimum Gasteiger partial charge on any atom is -0.305 e. The number of carbonyl (C=O) groups excluding carboxylic acids is 1. The van der Waals surface area contributed by atoms with Crippen molar-refractivity contribution in [3.8, 4) is 0 Å². The molecule has 0 saturated heterocycles. The zero-order chi connectivity index (χ0) is 14.0. The molecule has 0 spiro atoms. The standard InChI is InChI=1S/C10H8ClN5O3/c1-15-5-3-7(14-15)13-10(17)6-2-4-12-9(11)8(6)16(18)19/h2-5H,1H3,(H,13,14,17). The monoisotopic (exact) mass is 281 g/mol. The molecule has 1 N–H and O–H groups in total. The Labute approximate surface area is 112 Å². The van der Waals surface area contributed by atoms with Gasteiger partial charge in [0, 0.05) is 25.5 Å². The van der Waals surface area contributed by atoms with Gasteiger partial charge < -0.3 is 5.32 Å². The van der Waals surface area contributed by atoms with Crippen molar-refractivity contribution >= 4 is 29.0 Å². The Hall–Kier alpha value is -2.48. The number of anilines is 1. The summed E-state index contributed by atoms with van der Waals surface area (Å²) in [4.78, 5) is 25.7. The molecule has 2 aromatic heterocycles. The van der Waals surface area contributed by atoms with Gasteiger partial charge in [-0.15, -0.1) is 0 Å². The first-order valence-corrected chi connectivity index (χ1v) is 5.46. The van der Waals surface area contributed by atoms with Crippen LogP contribution in [0.2, 0.25) is 5.15 Å². The lowest BCUT2D eigenvalue weighted by Gasteiger charge is -2.03. The molecule has 0 saturated carbocycles. The number of hydrogen-bond donors (Lipinski definition) is 1. The molecule has 98 valence electrons. The molecule has 8 nitrogen and oxygen atoms in total. The minimum absolute atomic E-state index is 0.171. The number of pyridine rings is 1. The Kier molecular flexibility index (Phi) is 3.43. The lowest BCUT2D eigenvalue weighted by Crippen LogP contribution is -2.15. The van der Waals surface area contributed by atoms with Crippen molar-refractivity contribution in [1.29, 1.82) is 0 Å². The van der Waals surface area contributed by atoms with Crippen molar-refractivity contribution in [2.45, 2.75) is 0 Å². The van der Waals surface area contributed by atoms with E-state index >= 15 is 0 Å². The maximum absolute atomic E-state index is 11.9. The van der Waals surface area contributed by atoms with Crippen molar-refractivity contribution < 1.29 is 9.72 Å². The number of rotatable bonds is 3. The van der Waals surface area contributed by atoms with Crippen LogP contribution in [0.5, 0.6) is 0 Å². The number of amides is 1. The first-order chi connectivity index (χ1) is 8.99. The van der Waals surface area contributed by atoms with Crippen molar-refractivity contribution in [2.24, 2.45) is 7.05 Å². The number of carbonyl (C=O) groups is 1. The molecule has 0 aromatic carbocycles. The molecule has 0 aliphatic carbocycles. The van der Waals surface area contributed by atoms with E-state index in [4.69, 9.17) is 11.6 Å². The Morgan fingerprint density at radius 3 is 2.84 bits per heavy atom. The number of halogens is 1. The molecule has 0 unspecified atom stereocenters. The molecule has 19 heavy (non-hydrogen) atoms. The van der Waals surface area contributed by atoms with Gasteiger partial charge in [-0.1, -0.05) is 11.6 Å². The third-order valence-electron chi connectivity index (χ3n) is 2.26. The number of aromatic nitrogens is 3. The smallest absolute Gasteiger partial charge is 0.305 e. The lowest BCUT2D eigenvalue weighted by atomic mass is 10.2. The zero-order valence-electron chi connectivity index (χ0n) is 9.70. The summed E-state index contributed by atoms with van der Waals surface area (Å²) in [5.74, 6) is -0.385. The number of aryl methyl sites for hydroxylation is 1. The molecule has 0 atom stereocenters. The van der Waals surface area contributed by atoms with Crippen LogP contribution in [-0.4, -0.2) is 25.6 Å². The van der Waals surface area contributed by atoms with Crippen LogP contribution < -0.4 is 5.32 Å². The Bertz CT molecular complexity index is 654. The number of nitrogens with zero attached hydrogens (tertiary/aromatic N) is 4. The zero-order valence-corrected chi connectivity index (χ0v) is 10.5. The van der Waals surface area contributed by atoms with Gasteiger partial charge in [-0.25, -0.2) is 4.98 Å². The van der Waals surface area contributed by atoms with Crippen LogP contribution in [-0.2, 0) is 7.05 Å². The first kappa shape index (κ1) is 13.0. The number of nitro groups is 1. The van der Waals surface area contributed by atoms with E-state index in [1.165, 1.54) is 16.9 Å². The van der Waals surface area contributed by atoms with Crippen LogP contribution in [0.1, 0.15) is 10.4 Å². The topological polar surface area (TPSA) is 103 Å². The summed E-state index contributed by atoms with van der Waals surface area (Å²) in [7, 11) is 1.68. The van der Waals surface area contributed by atoms with Crippen molar-refractivity contribution in [3.63, 3.8) is 0 Å². The molecule has 0 aliphatic rings. The fourth-order valence-electron chi connectivity index (χ4n) is 1.45. The molecule has 2 heterocycles. The summed E-state index contributed by atoms with van der Waals surface area (Å²) in [6.45, 7) is 0. The fourth-order valence-corrected chi connectivity index (χ4v) is 1.68. The van der Waals surface area contributed by atoms with Crippen LogP contribution in [0.15, 0.2) is 24.5 Å². The van der Waals surface area contributed by atoms with Crippen LogP contribution >= 0.6 is 11.6 Å². The fraction of sp³-hybridized carbons (Fsp3) is 0.100. The van der Waals surface area contributed by atoms with Crippen LogP contribution in [0.25, 0.3) is 0 Å². The highest BCUT2D eigenvalue weighted by atomic mass is 35.5. The highest BCUT2D eigenvalue weighted by Crippen LogP contribution is 2.26. The van der Waals surface area contributed by atoms with E-state index < -0.39 is 16.5 Å². The molecule has 0 aliphatic heterocycles. The largest absolute Gasteiger partial charge is 0.319 e. The van der Waals surface area contributed by atoms with Crippen LogP contribution in [0, 0.1) is 10.1 Å². The molecular weight excluding hydrogens is 274 g/mol. The van der Waals surface area contributed by atoms with E-state index in [0.29, 0.717) is 0 Å². The van der Waals surface area contributed by atoms with Gasteiger partial charge in [-0.3, -0.25) is 19.6 Å². The normalized spacial score (nSPS) is 10.2. The SMILES string of the molecule is Cn1ccc(NC(=O)c2ccnc(Cl)c2[N+](=O)[O-])n1. The van der Waals surface area contributed by atoms with Gasteiger partial charge in [0.1, 0.15) is 5.56 Å². The van der Waals surface area contributed by atoms with Gasteiger partial charge in [-0.05, 0) is 6.07 Å². The maximum atomic E-state index is 11.9. The van der Waals surface area contributed by atoms with E-state index in [-0.39, 0.29) is 16.5 Å². The first-order valence-electron chi connectivity index (χ1n) is 5.09. The molecule has 0 radical (unpaired) electrons. The van der Waals surface area contributed by atoms with Gasteiger partial charge >= 0.3 is 5.69 Å². The molecule has 9 heteroatoms. The molecule has 2 rings (SSSR count). The molecule has 0 fully saturated rings. The van der Waals surface area contributed by atoms with E-state index in [9.17, 15) is 14.9 Å². The van der Waals surface area contributed by atoms with Crippen LogP contribution in [0.4, 0.5) is 11.5 Å². The van der Waals surface area contributed by atoms with E-state index in [2.05, 4.69) is 15.4 Å². The average molecular weight is 282 g/mol. The molecular formula is C10H8ClN5O3. The van der Waals surface area contributed by atoms with Gasteiger partial charge in [0.25, 0.3) is 5.91 Å². The minimum atomic E-state index is -0.747. The summed E-state index contributed by atoms with van der Waals surface area (Å²) in [6, 6.07) is 2.79. The average Bonchev–Trinajstić information content (AvgIpc) is 2.73. The van der Waals surface area contributed by atoms with E-state index in [1.54, 1.807) is 19.3 Å². The Balaban J connectivity index is 2.34. The summed E-state index contributed by atoms with van der Waals surface area (Å²) in [5, 5.41) is 16.9. The second-order valence-corrected chi connectivity index (χ2v) is 3.94. The third-order valence-corrected chi connectivity index (χ3v) is 2.54. The lowest BCUT2D eigenvalue weighted by molar-refractivity contribution is -0.385. The highest BCUT2D eigenvalue weighted by Gasteiger charge is 2.25. The predicted octanol–water partition coefficient (Wildman–Crippen LogP) is 1.63. The summed E-state index contributed by atoms with van der Waals surface area (Å²) in [5.41, 5.74) is -0.701. The van der Waals surface area contributed by atoms with E-state index in [1.807, 2.05) is 0 Å². The van der Waals surface area contributed by atoms with Crippen LogP contribution in [0.3, 0.4) is 0 Å². The number of hydrogen-bond acceptors (Lipinski definition) is 5. The second-order valence-electron chi connectivity index (χ2n) is 3.58. The molecule has 0 bridgehead atoms. The highest BCUT2D eigenvalue weighted by molar-refractivity contribution is 6.32. The number of nitrogens with one attached hydrogen (secondary N) is 1. The van der Waals surface area contributed by atoms with E-state index in [0.717, 1.165) is 0 Å².